The van der Waals surface area contributed by atoms with Crippen LogP contribution in [-0.4, -0.2) is 36.5 Å². The van der Waals surface area contributed by atoms with E-state index in [1.807, 2.05) is 6.07 Å². The Labute approximate surface area is 112 Å². The van der Waals surface area contributed by atoms with E-state index in [4.69, 9.17) is 9.84 Å². The molecule has 1 unspecified atom stereocenters. The standard InChI is InChI=1S/C10H14Br2N2O2/c1-16-6-8(5-15)13-4-10-9(12)2-7(11)3-14-10/h2-3,8,13,15H,4-6H2,1H3. The molecular formula is C10H14Br2N2O2. The molecule has 0 aromatic carbocycles. The van der Waals surface area contributed by atoms with Crippen LogP contribution < -0.4 is 5.32 Å². The number of hydrogen-bond acceptors (Lipinski definition) is 4. The summed E-state index contributed by atoms with van der Waals surface area (Å²) in [6.07, 6.45) is 1.74. The van der Waals surface area contributed by atoms with Gasteiger partial charge in [-0.1, -0.05) is 0 Å². The zero-order chi connectivity index (χ0) is 12.0. The van der Waals surface area contributed by atoms with Gasteiger partial charge in [0.25, 0.3) is 0 Å². The van der Waals surface area contributed by atoms with Gasteiger partial charge in [-0.3, -0.25) is 4.98 Å². The van der Waals surface area contributed by atoms with Gasteiger partial charge in [-0.2, -0.15) is 0 Å². The molecule has 0 radical (unpaired) electrons. The molecule has 0 spiro atoms. The summed E-state index contributed by atoms with van der Waals surface area (Å²) in [5.41, 5.74) is 0.901. The maximum Gasteiger partial charge on any atom is 0.0684 e. The number of nitrogens with zero attached hydrogens (tertiary/aromatic N) is 1. The van der Waals surface area contributed by atoms with Crippen LogP contribution in [0.2, 0.25) is 0 Å². The van der Waals surface area contributed by atoms with Crippen LogP contribution in [-0.2, 0) is 11.3 Å². The number of hydrogen-bond donors (Lipinski definition) is 2. The fraction of sp³-hybridized carbons (Fsp3) is 0.500. The normalized spacial score (nSPS) is 12.8. The minimum atomic E-state index is -0.0673. The molecule has 4 nitrogen and oxygen atoms in total. The molecule has 0 fully saturated rings. The molecule has 0 aliphatic carbocycles. The molecule has 0 saturated carbocycles. The van der Waals surface area contributed by atoms with Crippen LogP contribution in [0.5, 0.6) is 0 Å². The number of nitrogens with one attached hydrogen (secondary N) is 1. The van der Waals surface area contributed by atoms with E-state index in [2.05, 4.69) is 42.2 Å². The second-order valence-electron chi connectivity index (χ2n) is 3.30. The molecule has 6 heteroatoms. The molecular weight excluding hydrogens is 340 g/mol. The largest absolute Gasteiger partial charge is 0.395 e. The first kappa shape index (κ1) is 14.1. The van der Waals surface area contributed by atoms with Crippen molar-refractivity contribution in [2.24, 2.45) is 0 Å². The lowest BCUT2D eigenvalue weighted by Crippen LogP contribution is -2.36. The smallest absolute Gasteiger partial charge is 0.0684 e. The van der Waals surface area contributed by atoms with Crippen LogP contribution in [0.4, 0.5) is 0 Å². The average molecular weight is 354 g/mol. The molecule has 0 bridgehead atoms. The maximum absolute atomic E-state index is 9.07. The van der Waals surface area contributed by atoms with Crippen molar-refractivity contribution in [2.45, 2.75) is 12.6 Å². The van der Waals surface area contributed by atoms with Crippen molar-refractivity contribution in [3.05, 3.63) is 26.9 Å². The topological polar surface area (TPSA) is 54.4 Å². The minimum Gasteiger partial charge on any atom is -0.395 e. The van der Waals surface area contributed by atoms with E-state index in [9.17, 15) is 0 Å². The Morgan fingerprint density at radius 2 is 2.31 bits per heavy atom. The minimum absolute atomic E-state index is 0.0436. The van der Waals surface area contributed by atoms with Crippen LogP contribution in [0.3, 0.4) is 0 Å². The van der Waals surface area contributed by atoms with Crippen molar-refractivity contribution >= 4 is 31.9 Å². The van der Waals surface area contributed by atoms with Gasteiger partial charge in [-0.05, 0) is 37.9 Å². The van der Waals surface area contributed by atoms with Crippen molar-refractivity contribution in [1.82, 2.24) is 10.3 Å². The van der Waals surface area contributed by atoms with Gasteiger partial charge in [0.1, 0.15) is 0 Å². The number of aliphatic hydroxyl groups is 1. The summed E-state index contributed by atoms with van der Waals surface area (Å²) in [6, 6.07) is 1.87. The Hall–Kier alpha value is -0.0100. The number of ether oxygens (including phenoxy) is 1. The fourth-order valence-electron chi connectivity index (χ4n) is 1.19. The summed E-state index contributed by atoms with van der Waals surface area (Å²) < 4.78 is 6.83. The van der Waals surface area contributed by atoms with Crippen LogP contribution in [0.1, 0.15) is 5.69 Å². The molecule has 0 aliphatic heterocycles. The predicted octanol–water partition coefficient (Wildman–Crippen LogP) is 1.70. The van der Waals surface area contributed by atoms with Crippen molar-refractivity contribution < 1.29 is 9.84 Å². The third kappa shape index (κ3) is 4.47. The first-order chi connectivity index (χ1) is 7.67. The Morgan fingerprint density at radius 3 is 2.88 bits per heavy atom. The molecule has 2 N–H and O–H groups in total. The Kier molecular flexibility index (Phi) is 6.45. The van der Waals surface area contributed by atoms with E-state index < -0.39 is 0 Å². The van der Waals surface area contributed by atoms with Crippen molar-refractivity contribution in [3.63, 3.8) is 0 Å². The van der Waals surface area contributed by atoms with Crippen LogP contribution in [0.15, 0.2) is 21.2 Å². The third-order valence-corrected chi connectivity index (χ3v) is 3.15. The van der Waals surface area contributed by atoms with Gasteiger partial charge in [-0.25, -0.2) is 0 Å². The number of methoxy groups -OCH3 is 1. The Morgan fingerprint density at radius 1 is 1.56 bits per heavy atom. The zero-order valence-corrected chi connectivity index (χ0v) is 12.1. The van der Waals surface area contributed by atoms with Gasteiger partial charge in [0.05, 0.1) is 24.9 Å². The van der Waals surface area contributed by atoms with Crippen LogP contribution in [0.25, 0.3) is 0 Å². The molecule has 1 rings (SSSR count). The summed E-state index contributed by atoms with van der Waals surface area (Å²) in [4.78, 5) is 4.27. The van der Waals surface area contributed by atoms with Gasteiger partial charge >= 0.3 is 0 Å². The maximum atomic E-state index is 9.07. The lowest BCUT2D eigenvalue weighted by molar-refractivity contribution is 0.128. The summed E-state index contributed by atoms with van der Waals surface area (Å²) in [6.45, 7) is 1.11. The number of aromatic nitrogens is 1. The summed E-state index contributed by atoms with van der Waals surface area (Å²) in [5.74, 6) is 0. The molecule has 1 atom stereocenters. The third-order valence-electron chi connectivity index (χ3n) is 2.03. The van der Waals surface area contributed by atoms with Gasteiger partial charge in [0.2, 0.25) is 0 Å². The lowest BCUT2D eigenvalue weighted by Gasteiger charge is -2.15. The molecule has 16 heavy (non-hydrogen) atoms. The second kappa shape index (κ2) is 7.34. The predicted molar refractivity (Wildman–Crippen MR) is 69.2 cm³/mol. The molecule has 0 aliphatic rings. The highest BCUT2D eigenvalue weighted by Gasteiger charge is 2.08. The fourth-order valence-corrected chi connectivity index (χ4v) is 2.32. The Bertz CT molecular complexity index is 337. The first-order valence-corrected chi connectivity index (χ1v) is 6.39. The van der Waals surface area contributed by atoms with E-state index in [1.165, 1.54) is 0 Å². The average Bonchev–Trinajstić information content (AvgIpc) is 2.26. The van der Waals surface area contributed by atoms with Gasteiger partial charge in [0, 0.05) is 28.8 Å². The Balaban J connectivity index is 2.53. The SMILES string of the molecule is COCC(CO)NCc1ncc(Br)cc1Br. The summed E-state index contributed by atoms with van der Waals surface area (Å²) in [7, 11) is 1.61. The molecule has 1 heterocycles. The monoisotopic (exact) mass is 352 g/mol. The summed E-state index contributed by atoms with van der Waals surface area (Å²) in [5, 5.41) is 12.2. The van der Waals surface area contributed by atoms with E-state index in [0.717, 1.165) is 14.6 Å². The quantitative estimate of drug-likeness (QED) is 0.817. The number of halogens is 2. The second-order valence-corrected chi connectivity index (χ2v) is 5.07. The van der Waals surface area contributed by atoms with E-state index in [-0.39, 0.29) is 12.6 Å². The van der Waals surface area contributed by atoms with E-state index in [0.29, 0.717) is 13.2 Å². The lowest BCUT2D eigenvalue weighted by atomic mass is 10.3. The number of aliphatic hydroxyl groups excluding tert-OH is 1. The summed E-state index contributed by atoms with van der Waals surface area (Å²) >= 11 is 6.77. The molecule has 1 aromatic heterocycles. The van der Waals surface area contributed by atoms with Gasteiger partial charge in [0.15, 0.2) is 0 Å². The number of pyridine rings is 1. The van der Waals surface area contributed by atoms with Crippen molar-refractivity contribution in [2.75, 3.05) is 20.3 Å². The number of rotatable bonds is 6. The van der Waals surface area contributed by atoms with Crippen LogP contribution in [0, 0.1) is 0 Å². The molecule has 0 amide bonds. The first-order valence-electron chi connectivity index (χ1n) is 4.80. The van der Waals surface area contributed by atoms with E-state index >= 15 is 0 Å². The highest BCUT2D eigenvalue weighted by atomic mass is 79.9. The van der Waals surface area contributed by atoms with E-state index in [1.54, 1.807) is 13.3 Å². The van der Waals surface area contributed by atoms with Gasteiger partial charge < -0.3 is 15.2 Å². The van der Waals surface area contributed by atoms with Crippen molar-refractivity contribution in [1.29, 1.82) is 0 Å². The molecule has 1 aromatic rings. The highest BCUT2D eigenvalue weighted by Crippen LogP contribution is 2.19. The zero-order valence-electron chi connectivity index (χ0n) is 8.91. The van der Waals surface area contributed by atoms with Crippen LogP contribution >= 0.6 is 31.9 Å². The highest BCUT2D eigenvalue weighted by molar-refractivity contribution is 9.11. The molecule has 90 valence electrons. The van der Waals surface area contributed by atoms with Gasteiger partial charge in [-0.15, -0.1) is 0 Å². The molecule has 0 saturated heterocycles. The van der Waals surface area contributed by atoms with Crippen molar-refractivity contribution in [3.8, 4) is 0 Å².